The van der Waals surface area contributed by atoms with Crippen molar-refractivity contribution in [2.24, 2.45) is 11.8 Å². The third-order valence-electron chi connectivity index (χ3n) is 4.38. The molecule has 1 fully saturated rings. The lowest BCUT2D eigenvalue weighted by Gasteiger charge is -2.29. The molecule has 0 bridgehead atoms. The Morgan fingerprint density at radius 2 is 1.86 bits per heavy atom. The van der Waals surface area contributed by atoms with Gasteiger partial charge < -0.3 is 4.57 Å². The van der Waals surface area contributed by atoms with E-state index in [1.165, 1.54) is 17.7 Å². The molecule has 112 valence electrons. The zero-order chi connectivity index (χ0) is 15.5. The maximum absolute atomic E-state index is 8.99. The van der Waals surface area contributed by atoms with Crippen molar-refractivity contribution >= 4 is 5.70 Å². The molecule has 0 N–H and O–H groups in total. The van der Waals surface area contributed by atoms with Crippen LogP contribution in [-0.2, 0) is 0 Å². The second-order valence-electron chi connectivity index (χ2n) is 6.47. The van der Waals surface area contributed by atoms with Crippen molar-refractivity contribution in [3.8, 4) is 6.07 Å². The van der Waals surface area contributed by atoms with E-state index in [-0.39, 0.29) is 0 Å². The van der Waals surface area contributed by atoms with Crippen LogP contribution >= 0.6 is 0 Å². The predicted molar refractivity (Wildman–Crippen MR) is 87.9 cm³/mol. The van der Waals surface area contributed by atoms with Crippen molar-refractivity contribution in [2.75, 3.05) is 0 Å². The Balaban J connectivity index is 2.09. The Kier molecular flexibility index (Phi) is 4.11. The summed E-state index contributed by atoms with van der Waals surface area (Å²) in [6.07, 6.45) is 9.26. The van der Waals surface area contributed by atoms with Gasteiger partial charge in [0.15, 0.2) is 0 Å². The van der Waals surface area contributed by atoms with Crippen molar-refractivity contribution in [1.29, 1.82) is 5.26 Å². The number of allylic oxidation sites excluding steroid dienone is 1. The van der Waals surface area contributed by atoms with Crippen LogP contribution in [0, 0.1) is 23.2 Å². The van der Waals surface area contributed by atoms with Crippen LogP contribution in [0.25, 0.3) is 5.70 Å². The number of aromatic nitrogens is 2. The highest BCUT2D eigenvalue weighted by atomic mass is 15.0. The molecule has 2 atom stereocenters. The quantitative estimate of drug-likeness (QED) is 0.819. The van der Waals surface area contributed by atoms with Crippen molar-refractivity contribution in [3.63, 3.8) is 0 Å². The standard InChI is InChI=1S/C19H21N3/c1-14-9-15(2)11-18(10-14)19(22-8-7-21-13-22)17-5-3-16(12-20)4-6-17/h3-8,13-15H,9-11H2,1-2H3. The molecule has 3 rings (SSSR count). The van der Waals surface area contributed by atoms with Gasteiger partial charge in [0.2, 0.25) is 0 Å². The summed E-state index contributed by atoms with van der Waals surface area (Å²) in [5, 5.41) is 8.99. The van der Waals surface area contributed by atoms with Gasteiger partial charge in [-0.15, -0.1) is 0 Å². The van der Waals surface area contributed by atoms with E-state index in [0.29, 0.717) is 5.56 Å². The second-order valence-corrected chi connectivity index (χ2v) is 6.47. The first kappa shape index (κ1) is 14.6. The Hall–Kier alpha value is -2.34. The first-order chi connectivity index (χ1) is 10.7. The van der Waals surface area contributed by atoms with Gasteiger partial charge in [-0.3, -0.25) is 0 Å². The summed E-state index contributed by atoms with van der Waals surface area (Å²) in [7, 11) is 0. The summed E-state index contributed by atoms with van der Waals surface area (Å²) in [4.78, 5) is 4.21. The average molecular weight is 291 g/mol. The van der Waals surface area contributed by atoms with Crippen LogP contribution in [0.5, 0.6) is 0 Å². The zero-order valence-electron chi connectivity index (χ0n) is 13.2. The largest absolute Gasteiger partial charge is 0.306 e. The SMILES string of the molecule is CC1CC(=C(c2ccc(C#N)cc2)n2ccnc2)CC(C)C1. The van der Waals surface area contributed by atoms with Gasteiger partial charge in [0.25, 0.3) is 0 Å². The van der Waals surface area contributed by atoms with Gasteiger partial charge in [0.05, 0.1) is 23.7 Å². The van der Waals surface area contributed by atoms with Gasteiger partial charge in [-0.25, -0.2) is 4.98 Å². The molecule has 0 saturated heterocycles. The molecule has 3 nitrogen and oxygen atoms in total. The topological polar surface area (TPSA) is 41.6 Å². The number of hydrogen-bond donors (Lipinski definition) is 0. The summed E-state index contributed by atoms with van der Waals surface area (Å²) < 4.78 is 2.11. The minimum atomic E-state index is 0.698. The summed E-state index contributed by atoms with van der Waals surface area (Å²) in [5.41, 5.74) is 4.59. The molecule has 0 amide bonds. The molecular formula is C19H21N3. The maximum Gasteiger partial charge on any atom is 0.0991 e. The van der Waals surface area contributed by atoms with E-state index in [9.17, 15) is 0 Å². The number of nitrogens with zero attached hydrogens (tertiary/aromatic N) is 3. The fourth-order valence-electron chi connectivity index (χ4n) is 3.60. The number of hydrogen-bond acceptors (Lipinski definition) is 2. The molecule has 1 heterocycles. The van der Waals surface area contributed by atoms with Crippen LogP contribution in [0.2, 0.25) is 0 Å². The molecule has 0 radical (unpaired) electrons. The summed E-state index contributed by atoms with van der Waals surface area (Å²) >= 11 is 0. The van der Waals surface area contributed by atoms with Gasteiger partial charge in [-0.1, -0.05) is 26.0 Å². The highest BCUT2D eigenvalue weighted by Crippen LogP contribution is 2.37. The molecule has 1 aromatic heterocycles. The van der Waals surface area contributed by atoms with E-state index in [2.05, 4.69) is 29.5 Å². The summed E-state index contributed by atoms with van der Waals surface area (Å²) in [6, 6.07) is 10.1. The third-order valence-corrected chi connectivity index (χ3v) is 4.38. The van der Waals surface area contributed by atoms with Crippen LogP contribution in [-0.4, -0.2) is 9.55 Å². The monoisotopic (exact) mass is 291 g/mol. The number of imidazole rings is 1. The molecule has 0 spiro atoms. The molecule has 1 aliphatic carbocycles. The lowest BCUT2D eigenvalue weighted by atomic mass is 9.79. The Morgan fingerprint density at radius 1 is 1.18 bits per heavy atom. The van der Waals surface area contributed by atoms with E-state index in [1.807, 2.05) is 43.0 Å². The highest BCUT2D eigenvalue weighted by Gasteiger charge is 2.23. The number of rotatable bonds is 2. The lowest BCUT2D eigenvalue weighted by Crippen LogP contribution is -2.15. The van der Waals surface area contributed by atoms with E-state index >= 15 is 0 Å². The van der Waals surface area contributed by atoms with Crippen LogP contribution in [0.1, 0.15) is 44.2 Å². The van der Waals surface area contributed by atoms with E-state index < -0.39 is 0 Å². The van der Waals surface area contributed by atoms with Gasteiger partial charge in [0, 0.05) is 12.4 Å². The molecule has 0 aliphatic heterocycles. The van der Waals surface area contributed by atoms with Gasteiger partial charge in [-0.05, 0) is 54.4 Å². The third kappa shape index (κ3) is 2.96. The molecule has 3 heteroatoms. The lowest BCUT2D eigenvalue weighted by molar-refractivity contribution is 0.358. The average Bonchev–Trinajstić information content (AvgIpc) is 3.01. The first-order valence-corrected chi connectivity index (χ1v) is 7.88. The zero-order valence-corrected chi connectivity index (χ0v) is 13.2. The predicted octanol–water partition coefficient (Wildman–Crippen LogP) is 4.47. The molecular weight excluding hydrogens is 270 g/mol. The van der Waals surface area contributed by atoms with Crippen LogP contribution in [0.15, 0.2) is 48.6 Å². The van der Waals surface area contributed by atoms with Crippen LogP contribution in [0.4, 0.5) is 0 Å². The van der Waals surface area contributed by atoms with Crippen molar-refractivity contribution < 1.29 is 0 Å². The number of benzene rings is 1. The smallest absolute Gasteiger partial charge is 0.0991 e. The normalized spacial score (nSPS) is 21.4. The molecule has 1 aromatic carbocycles. The number of nitriles is 1. The van der Waals surface area contributed by atoms with Crippen molar-refractivity contribution in [2.45, 2.75) is 33.1 Å². The minimum absolute atomic E-state index is 0.698. The van der Waals surface area contributed by atoms with E-state index in [1.54, 1.807) is 0 Å². The molecule has 2 unspecified atom stereocenters. The minimum Gasteiger partial charge on any atom is -0.306 e. The fraction of sp³-hybridized carbons (Fsp3) is 0.368. The van der Waals surface area contributed by atoms with Gasteiger partial charge >= 0.3 is 0 Å². The van der Waals surface area contributed by atoms with E-state index in [4.69, 9.17) is 5.26 Å². The Morgan fingerprint density at radius 3 is 2.41 bits per heavy atom. The highest BCUT2D eigenvalue weighted by molar-refractivity contribution is 5.69. The van der Waals surface area contributed by atoms with Crippen LogP contribution < -0.4 is 0 Å². The summed E-state index contributed by atoms with van der Waals surface area (Å²) in [5.74, 6) is 1.44. The van der Waals surface area contributed by atoms with Gasteiger partial charge in [0.1, 0.15) is 0 Å². The van der Waals surface area contributed by atoms with E-state index in [0.717, 1.165) is 30.2 Å². The van der Waals surface area contributed by atoms with Crippen LogP contribution in [0.3, 0.4) is 0 Å². The van der Waals surface area contributed by atoms with Crippen molar-refractivity contribution in [3.05, 3.63) is 59.7 Å². The molecule has 1 aliphatic rings. The Bertz CT molecular complexity index is 690. The Labute approximate surface area is 131 Å². The molecule has 22 heavy (non-hydrogen) atoms. The van der Waals surface area contributed by atoms with Crippen molar-refractivity contribution in [1.82, 2.24) is 9.55 Å². The van der Waals surface area contributed by atoms with Gasteiger partial charge in [-0.2, -0.15) is 5.26 Å². The summed E-state index contributed by atoms with van der Waals surface area (Å²) in [6.45, 7) is 4.67. The molecule has 1 saturated carbocycles. The molecule has 2 aromatic rings. The maximum atomic E-state index is 8.99. The fourth-order valence-corrected chi connectivity index (χ4v) is 3.60. The second kappa shape index (κ2) is 6.19. The first-order valence-electron chi connectivity index (χ1n) is 7.88.